The number of amides is 1. The summed E-state index contributed by atoms with van der Waals surface area (Å²) < 4.78 is 5.45. The number of carbonyl (C=O) groups is 1. The van der Waals surface area contributed by atoms with Crippen LogP contribution in [-0.2, 0) is 4.74 Å². The van der Waals surface area contributed by atoms with Gasteiger partial charge in [-0.05, 0) is 44.7 Å². The summed E-state index contributed by atoms with van der Waals surface area (Å²) in [6, 6.07) is 8.10. The van der Waals surface area contributed by atoms with E-state index in [0.717, 1.165) is 42.9 Å². The Morgan fingerprint density at radius 2 is 2.08 bits per heavy atom. The topological polar surface area (TPSA) is 48.4 Å². The van der Waals surface area contributed by atoms with Crippen LogP contribution in [0.4, 0.5) is 5.69 Å². The summed E-state index contributed by atoms with van der Waals surface area (Å²) in [5.74, 6) is 0.0573. The molecule has 6 nitrogen and oxygen atoms in total. The van der Waals surface area contributed by atoms with Gasteiger partial charge < -0.3 is 9.64 Å². The SMILES string of the molecule is CO[C@H]1C[C@@H](CN(C)C(=O)c2ccc(N3CCC(C)=N3)cc2)N(C)C1. The van der Waals surface area contributed by atoms with Crippen molar-refractivity contribution in [3.05, 3.63) is 29.8 Å². The normalized spacial score (nSPS) is 23.8. The molecule has 136 valence electrons. The number of anilines is 1. The van der Waals surface area contributed by atoms with Crippen molar-refractivity contribution >= 4 is 17.3 Å². The lowest BCUT2D eigenvalue weighted by molar-refractivity contribution is 0.0760. The molecule has 3 rings (SSSR count). The number of hydrogen-bond donors (Lipinski definition) is 0. The maximum absolute atomic E-state index is 12.7. The molecule has 0 aliphatic carbocycles. The van der Waals surface area contributed by atoms with Crippen LogP contribution in [0, 0.1) is 0 Å². The van der Waals surface area contributed by atoms with Gasteiger partial charge in [-0.1, -0.05) is 0 Å². The number of hydrogen-bond acceptors (Lipinski definition) is 5. The van der Waals surface area contributed by atoms with E-state index in [1.54, 1.807) is 7.11 Å². The largest absolute Gasteiger partial charge is 0.380 e. The highest BCUT2D eigenvalue weighted by Gasteiger charge is 2.31. The molecule has 0 bridgehead atoms. The van der Waals surface area contributed by atoms with Crippen LogP contribution in [0.15, 0.2) is 29.4 Å². The first-order valence-corrected chi connectivity index (χ1v) is 8.88. The summed E-state index contributed by atoms with van der Waals surface area (Å²) in [7, 11) is 5.72. The Kier molecular flexibility index (Phi) is 5.39. The Morgan fingerprint density at radius 3 is 2.64 bits per heavy atom. The summed E-state index contributed by atoms with van der Waals surface area (Å²) in [4.78, 5) is 16.8. The second-order valence-corrected chi connectivity index (χ2v) is 7.13. The first-order chi connectivity index (χ1) is 12.0. The molecule has 0 N–H and O–H groups in total. The highest BCUT2D eigenvalue weighted by atomic mass is 16.5. The van der Waals surface area contributed by atoms with Gasteiger partial charge in [0.25, 0.3) is 5.91 Å². The number of ether oxygens (including phenoxy) is 1. The minimum absolute atomic E-state index is 0.0573. The van der Waals surface area contributed by atoms with Crippen LogP contribution in [0.1, 0.15) is 30.1 Å². The van der Waals surface area contributed by atoms with Crippen molar-refractivity contribution < 1.29 is 9.53 Å². The Balaban J connectivity index is 1.60. The molecule has 6 heteroatoms. The van der Waals surface area contributed by atoms with E-state index in [-0.39, 0.29) is 12.0 Å². The van der Waals surface area contributed by atoms with Gasteiger partial charge >= 0.3 is 0 Å². The van der Waals surface area contributed by atoms with E-state index < -0.39 is 0 Å². The minimum atomic E-state index is 0.0573. The monoisotopic (exact) mass is 344 g/mol. The fourth-order valence-corrected chi connectivity index (χ4v) is 3.57. The standard InChI is InChI=1S/C19H28N4O2/c1-14-9-10-23(20-14)16-7-5-15(6-8-16)19(24)22(3)12-17-11-18(25-4)13-21(17)2/h5-8,17-18H,9-13H2,1-4H3/t17-,18-/m0/s1. The third-order valence-electron chi connectivity index (χ3n) is 5.20. The van der Waals surface area contributed by atoms with Gasteiger partial charge in [-0.25, -0.2) is 0 Å². The molecule has 0 radical (unpaired) electrons. The van der Waals surface area contributed by atoms with E-state index >= 15 is 0 Å². The van der Waals surface area contributed by atoms with Crippen LogP contribution in [0.2, 0.25) is 0 Å². The first kappa shape index (κ1) is 17.9. The van der Waals surface area contributed by atoms with Gasteiger partial charge in [0.05, 0.1) is 11.8 Å². The van der Waals surface area contributed by atoms with Crippen molar-refractivity contribution in [2.24, 2.45) is 5.10 Å². The predicted octanol–water partition coefficient (Wildman–Crippen LogP) is 2.06. The number of likely N-dealkylation sites (tertiary alicyclic amines) is 1. The lowest BCUT2D eigenvalue weighted by atomic mass is 10.1. The van der Waals surface area contributed by atoms with Gasteiger partial charge in [0.1, 0.15) is 0 Å². The summed E-state index contributed by atoms with van der Waals surface area (Å²) in [5.41, 5.74) is 2.90. The molecule has 25 heavy (non-hydrogen) atoms. The molecular formula is C19H28N4O2. The van der Waals surface area contributed by atoms with Gasteiger partial charge in [0.15, 0.2) is 0 Å². The molecule has 0 aromatic heterocycles. The van der Waals surface area contributed by atoms with E-state index in [4.69, 9.17) is 4.74 Å². The predicted molar refractivity (Wildman–Crippen MR) is 100 cm³/mol. The molecule has 1 aromatic rings. The molecule has 2 heterocycles. The quantitative estimate of drug-likeness (QED) is 0.820. The van der Waals surface area contributed by atoms with Crippen molar-refractivity contribution in [1.29, 1.82) is 0 Å². The number of methoxy groups -OCH3 is 1. The number of nitrogens with zero attached hydrogens (tertiary/aromatic N) is 4. The van der Waals surface area contributed by atoms with Crippen molar-refractivity contribution in [3.8, 4) is 0 Å². The second-order valence-electron chi connectivity index (χ2n) is 7.13. The number of carbonyl (C=O) groups excluding carboxylic acids is 1. The zero-order valence-corrected chi connectivity index (χ0v) is 15.6. The van der Waals surface area contributed by atoms with Crippen LogP contribution >= 0.6 is 0 Å². The van der Waals surface area contributed by atoms with E-state index in [1.165, 1.54) is 0 Å². The summed E-state index contributed by atoms with van der Waals surface area (Å²) >= 11 is 0. The average Bonchev–Trinajstić information content (AvgIpc) is 3.20. The Bertz CT molecular complexity index is 643. The highest BCUT2D eigenvalue weighted by molar-refractivity contribution is 5.94. The zero-order valence-electron chi connectivity index (χ0n) is 15.6. The van der Waals surface area contributed by atoms with Crippen molar-refractivity contribution in [1.82, 2.24) is 9.80 Å². The molecule has 1 aromatic carbocycles. The zero-order chi connectivity index (χ0) is 18.0. The number of likely N-dealkylation sites (N-methyl/N-ethyl adjacent to an activating group) is 2. The lowest BCUT2D eigenvalue weighted by Gasteiger charge is -2.25. The molecule has 0 unspecified atom stereocenters. The third-order valence-corrected chi connectivity index (χ3v) is 5.20. The number of rotatable bonds is 5. The smallest absolute Gasteiger partial charge is 0.253 e. The Labute approximate surface area is 150 Å². The Hall–Kier alpha value is -1.92. The second kappa shape index (κ2) is 7.54. The molecule has 0 saturated carbocycles. The molecule has 2 atom stereocenters. The molecular weight excluding hydrogens is 316 g/mol. The molecule has 1 amide bonds. The van der Waals surface area contributed by atoms with Crippen LogP contribution in [-0.4, -0.2) is 74.4 Å². The fourth-order valence-electron chi connectivity index (χ4n) is 3.57. The Morgan fingerprint density at radius 1 is 1.36 bits per heavy atom. The van der Waals surface area contributed by atoms with E-state index in [2.05, 4.69) is 17.0 Å². The average molecular weight is 344 g/mol. The number of hydrazone groups is 1. The van der Waals surface area contributed by atoms with Crippen molar-refractivity contribution in [2.45, 2.75) is 31.9 Å². The van der Waals surface area contributed by atoms with Gasteiger partial charge in [0.2, 0.25) is 0 Å². The summed E-state index contributed by atoms with van der Waals surface area (Å²) in [6.07, 6.45) is 2.23. The molecule has 0 spiro atoms. The maximum atomic E-state index is 12.7. The van der Waals surface area contributed by atoms with Crippen LogP contribution in [0.25, 0.3) is 0 Å². The third kappa shape index (κ3) is 4.02. The van der Waals surface area contributed by atoms with Gasteiger partial charge in [0, 0.05) is 57.5 Å². The van der Waals surface area contributed by atoms with Gasteiger partial charge in [-0.3, -0.25) is 14.7 Å². The fraction of sp³-hybridized carbons (Fsp3) is 0.579. The van der Waals surface area contributed by atoms with Crippen LogP contribution in [0.5, 0.6) is 0 Å². The van der Waals surface area contributed by atoms with Crippen LogP contribution in [0.3, 0.4) is 0 Å². The van der Waals surface area contributed by atoms with Crippen molar-refractivity contribution in [3.63, 3.8) is 0 Å². The van der Waals surface area contributed by atoms with E-state index in [1.807, 2.05) is 48.1 Å². The maximum Gasteiger partial charge on any atom is 0.253 e. The molecule has 2 aliphatic heterocycles. The van der Waals surface area contributed by atoms with Crippen molar-refractivity contribution in [2.75, 3.05) is 45.8 Å². The van der Waals surface area contributed by atoms with Crippen LogP contribution < -0.4 is 5.01 Å². The highest BCUT2D eigenvalue weighted by Crippen LogP contribution is 2.22. The molecule has 1 fully saturated rings. The van der Waals surface area contributed by atoms with E-state index in [0.29, 0.717) is 12.6 Å². The molecule has 2 aliphatic rings. The van der Waals surface area contributed by atoms with Gasteiger partial charge in [-0.15, -0.1) is 0 Å². The van der Waals surface area contributed by atoms with Gasteiger partial charge in [-0.2, -0.15) is 5.10 Å². The summed E-state index contributed by atoms with van der Waals surface area (Å²) in [6.45, 7) is 4.59. The first-order valence-electron chi connectivity index (χ1n) is 8.88. The number of benzene rings is 1. The summed E-state index contributed by atoms with van der Waals surface area (Å²) in [5, 5.41) is 6.49. The lowest BCUT2D eigenvalue weighted by Crippen LogP contribution is -2.39. The van der Waals surface area contributed by atoms with E-state index in [9.17, 15) is 4.79 Å². The minimum Gasteiger partial charge on any atom is -0.380 e. The molecule has 1 saturated heterocycles.